The molecule has 2 aromatic rings. The Balaban J connectivity index is 1.69. The van der Waals surface area contributed by atoms with Gasteiger partial charge in [0.1, 0.15) is 12.1 Å². The summed E-state index contributed by atoms with van der Waals surface area (Å²) in [6, 6.07) is 11.7. The molecule has 104 valence electrons. The summed E-state index contributed by atoms with van der Waals surface area (Å²) in [7, 11) is 0. The van der Waals surface area contributed by atoms with E-state index in [9.17, 15) is 9.59 Å². The summed E-state index contributed by atoms with van der Waals surface area (Å²) in [4.78, 5) is 25.0. The molecular formula is C16H11BrN2O2. The number of carbonyl (C=O) groups is 2. The maximum atomic E-state index is 12.5. The van der Waals surface area contributed by atoms with Gasteiger partial charge in [-0.3, -0.25) is 9.59 Å². The van der Waals surface area contributed by atoms with Gasteiger partial charge in [0.25, 0.3) is 0 Å². The third-order valence-electron chi connectivity index (χ3n) is 3.96. The zero-order valence-electron chi connectivity index (χ0n) is 10.9. The second-order valence-corrected chi connectivity index (χ2v) is 6.12. The molecule has 2 unspecified atom stereocenters. The Morgan fingerprint density at radius 2 is 1.43 bits per heavy atom. The molecule has 4 rings (SSSR count). The summed E-state index contributed by atoms with van der Waals surface area (Å²) in [5, 5.41) is 6.33. The molecule has 4 nitrogen and oxygen atoms in total. The third kappa shape index (κ3) is 1.81. The number of hydrogen-bond acceptors (Lipinski definition) is 4. The lowest BCUT2D eigenvalue weighted by atomic mass is 9.98. The Morgan fingerprint density at radius 1 is 0.810 bits per heavy atom. The monoisotopic (exact) mass is 342 g/mol. The number of nitrogens with one attached hydrogen (secondary N) is 2. The molecule has 2 N–H and O–H groups in total. The molecule has 0 amide bonds. The maximum absolute atomic E-state index is 12.5. The SMILES string of the molecule is O=C1c2ccccc2NC1C1Nc2cc(Br)ccc2C1=O. The van der Waals surface area contributed by atoms with Crippen LogP contribution in [-0.2, 0) is 0 Å². The van der Waals surface area contributed by atoms with Gasteiger partial charge in [-0.05, 0) is 30.3 Å². The van der Waals surface area contributed by atoms with E-state index in [1.54, 1.807) is 12.1 Å². The van der Waals surface area contributed by atoms with Gasteiger partial charge in [0.05, 0.1) is 0 Å². The van der Waals surface area contributed by atoms with Gasteiger partial charge < -0.3 is 10.6 Å². The van der Waals surface area contributed by atoms with E-state index in [0.29, 0.717) is 11.1 Å². The minimum Gasteiger partial charge on any atom is -0.372 e. The molecule has 0 saturated heterocycles. The topological polar surface area (TPSA) is 58.2 Å². The summed E-state index contributed by atoms with van der Waals surface area (Å²) in [5.41, 5.74) is 2.84. The van der Waals surface area contributed by atoms with E-state index in [4.69, 9.17) is 0 Å². The summed E-state index contributed by atoms with van der Waals surface area (Å²) in [6.07, 6.45) is 0. The first kappa shape index (κ1) is 12.6. The Bertz CT molecular complexity index is 788. The largest absolute Gasteiger partial charge is 0.372 e. The second-order valence-electron chi connectivity index (χ2n) is 5.21. The Labute approximate surface area is 129 Å². The highest BCUT2D eigenvalue weighted by molar-refractivity contribution is 9.10. The zero-order chi connectivity index (χ0) is 14.6. The number of rotatable bonds is 1. The first-order valence-electron chi connectivity index (χ1n) is 6.65. The molecule has 0 bridgehead atoms. The normalized spacial score (nSPS) is 22.5. The third-order valence-corrected chi connectivity index (χ3v) is 4.45. The number of para-hydroxylation sites is 1. The Hall–Kier alpha value is -2.14. The molecule has 2 aromatic carbocycles. The van der Waals surface area contributed by atoms with Crippen LogP contribution in [0.3, 0.4) is 0 Å². The van der Waals surface area contributed by atoms with Crippen molar-refractivity contribution in [3.05, 3.63) is 58.1 Å². The van der Waals surface area contributed by atoms with Crippen LogP contribution in [0.4, 0.5) is 11.4 Å². The zero-order valence-corrected chi connectivity index (χ0v) is 12.5. The number of Topliss-reactive ketones (excluding diaryl/α,β-unsaturated/α-hetero) is 2. The molecule has 2 atom stereocenters. The van der Waals surface area contributed by atoms with Gasteiger partial charge in [0.2, 0.25) is 0 Å². The van der Waals surface area contributed by atoms with Crippen molar-refractivity contribution in [2.24, 2.45) is 0 Å². The van der Waals surface area contributed by atoms with E-state index in [1.807, 2.05) is 30.3 Å². The van der Waals surface area contributed by atoms with Crippen LogP contribution in [0.1, 0.15) is 20.7 Å². The van der Waals surface area contributed by atoms with Gasteiger partial charge >= 0.3 is 0 Å². The molecule has 0 aliphatic carbocycles. The molecule has 21 heavy (non-hydrogen) atoms. The number of fused-ring (bicyclic) bond motifs is 2. The predicted molar refractivity (Wildman–Crippen MR) is 84.1 cm³/mol. The fraction of sp³-hybridized carbons (Fsp3) is 0.125. The smallest absolute Gasteiger partial charge is 0.189 e. The van der Waals surface area contributed by atoms with E-state index in [1.165, 1.54) is 0 Å². The molecule has 0 fully saturated rings. The highest BCUT2D eigenvalue weighted by atomic mass is 79.9. The maximum Gasteiger partial charge on any atom is 0.189 e. The van der Waals surface area contributed by atoms with E-state index >= 15 is 0 Å². The first-order valence-corrected chi connectivity index (χ1v) is 7.44. The van der Waals surface area contributed by atoms with Crippen molar-refractivity contribution in [2.45, 2.75) is 12.1 Å². The fourth-order valence-corrected chi connectivity index (χ4v) is 3.31. The average molecular weight is 343 g/mol. The number of anilines is 2. The fourth-order valence-electron chi connectivity index (χ4n) is 2.95. The lowest BCUT2D eigenvalue weighted by Crippen LogP contribution is -2.43. The van der Waals surface area contributed by atoms with Crippen LogP contribution < -0.4 is 10.6 Å². The second kappa shape index (κ2) is 4.43. The van der Waals surface area contributed by atoms with Crippen LogP contribution in [-0.4, -0.2) is 23.7 Å². The van der Waals surface area contributed by atoms with Crippen LogP contribution in [0.2, 0.25) is 0 Å². The van der Waals surface area contributed by atoms with Gasteiger partial charge in [-0.2, -0.15) is 0 Å². The number of hydrogen-bond donors (Lipinski definition) is 2. The van der Waals surface area contributed by atoms with E-state index in [-0.39, 0.29) is 11.6 Å². The van der Waals surface area contributed by atoms with Crippen LogP contribution >= 0.6 is 15.9 Å². The van der Waals surface area contributed by atoms with Crippen molar-refractivity contribution in [3.63, 3.8) is 0 Å². The minimum absolute atomic E-state index is 0.0386. The number of benzene rings is 2. The van der Waals surface area contributed by atoms with Gasteiger partial charge in [0.15, 0.2) is 11.6 Å². The minimum atomic E-state index is -0.561. The number of halogens is 1. The van der Waals surface area contributed by atoms with Crippen molar-refractivity contribution in [1.82, 2.24) is 0 Å². The first-order chi connectivity index (χ1) is 10.1. The molecule has 0 radical (unpaired) electrons. The summed E-state index contributed by atoms with van der Waals surface area (Å²) >= 11 is 3.39. The lowest BCUT2D eigenvalue weighted by molar-refractivity contribution is 0.0905. The van der Waals surface area contributed by atoms with Crippen molar-refractivity contribution in [3.8, 4) is 0 Å². The van der Waals surface area contributed by atoms with E-state index in [0.717, 1.165) is 15.8 Å². The molecule has 0 aromatic heterocycles. The van der Waals surface area contributed by atoms with Crippen LogP contribution in [0, 0.1) is 0 Å². The number of carbonyl (C=O) groups excluding carboxylic acids is 2. The van der Waals surface area contributed by atoms with E-state index < -0.39 is 12.1 Å². The Kier molecular flexibility index (Phi) is 2.65. The summed E-state index contributed by atoms with van der Waals surface area (Å²) in [6.45, 7) is 0. The van der Waals surface area contributed by atoms with Crippen LogP contribution in [0.5, 0.6) is 0 Å². The molecule has 2 heterocycles. The van der Waals surface area contributed by atoms with Gasteiger partial charge in [-0.15, -0.1) is 0 Å². The predicted octanol–water partition coefficient (Wildman–Crippen LogP) is 3.10. The van der Waals surface area contributed by atoms with Crippen LogP contribution in [0.15, 0.2) is 46.9 Å². The molecule has 5 heteroatoms. The Morgan fingerprint density at radius 3 is 2.14 bits per heavy atom. The average Bonchev–Trinajstić information content (AvgIpc) is 2.97. The standard InChI is InChI=1S/C16H11BrN2O2/c17-8-5-6-10-12(7-8)19-14(16(10)21)13-15(20)9-3-1-2-4-11(9)18-13/h1-7,13-14,18-19H. The lowest BCUT2D eigenvalue weighted by Gasteiger charge is -2.17. The summed E-state index contributed by atoms with van der Waals surface area (Å²) < 4.78 is 0.899. The van der Waals surface area contributed by atoms with E-state index in [2.05, 4.69) is 26.6 Å². The molecule has 0 spiro atoms. The highest BCUT2D eigenvalue weighted by Crippen LogP contribution is 2.34. The van der Waals surface area contributed by atoms with Crippen molar-refractivity contribution < 1.29 is 9.59 Å². The molecule has 2 aliphatic rings. The molecule has 0 saturated carbocycles. The van der Waals surface area contributed by atoms with Gasteiger partial charge in [-0.1, -0.05) is 28.1 Å². The van der Waals surface area contributed by atoms with Crippen molar-refractivity contribution in [2.75, 3.05) is 10.6 Å². The van der Waals surface area contributed by atoms with Crippen molar-refractivity contribution in [1.29, 1.82) is 0 Å². The molecule has 2 aliphatic heterocycles. The van der Waals surface area contributed by atoms with Crippen molar-refractivity contribution >= 4 is 38.9 Å². The summed E-state index contributed by atoms with van der Waals surface area (Å²) in [5.74, 6) is -0.0838. The van der Waals surface area contributed by atoms with Gasteiger partial charge in [0, 0.05) is 27.0 Å². The van der Waals surface area contributed by atoms with Crippen LogP contribution in [0.25, 0.3) is 0 Å². The number of ketones is 2. The quantitative estimate of drug-likeness (QED) is 0.835. The van der Waals surface area contributed by atoms with Gasteiger partial charge in [-0.25, -0.2) is 0 Å². The molecular weight excluding hydrogens is 332 g/mol. The highest BCUT2D eigenvalue weighted by Gasteiger charge is 2.43.